The van der Waals surface area contributed by atoms with Gasteiger partial charge in [0, 0.05) is 0 Å². The van der Waals surface area contributed by atoms with Crippen LogP contribution in [0.5, 0.6) is 0 Å². The van der Waals surface area contributed by atoms with Crippen LogP contribution in [-0.2, 0) is 4.74 Å². The molecule has 2 heterocycles. The Morgan fingerprint density at radius 3 is 3.00 bits per heavy atom. The van der Waals surface area contributed by atoms with Crippen LogP contribution in [0.15, 0.2) is 24.3 Å². The standard InChI is InChI=1S/C11H7ClN4O2S/c1-18-10(17)8-9(12)13-11(19-8)16-7-5-3-2-4-6(7)14-15-16/h2-5H,1H3. The predicted molar refractivity (Wildman–Crippen MR) is 70.9 cm³/mol. The number of hydrogen-bond donors (Lipinski definition) is 0. The fourth-order valence-corrected chi connectivity index (χ4v) is 2.77. The summed E-state index contributed by atoms with van der Waals surface area (Å²) in [6.07, 6.45) is 0. The minimum Gasteiger partial charge on any atom is -0.465 e. The van der Waals surface area contributed by atoms with Gasteiger partial charge in [-0.05, 0) is 12.1 Å². The number of fused-ring (bicyclic) bond motifs is 1. The van der Waals surface area contributed by atoms with Gasteiger partial charge in [-0.15, -0.1) is 5.10 Å². The van der Waals surface area contributed by atoms with E-state index in [1.165, 1.54) is 7.11 Å². The third-order valence-electron chi connectivity index (χ3n) is 2.48. The number of esters is 1. The lowest BCUT2D eigenvalue weighted by molar-refractivity contribution is 0.0606. The van der Waals surface area contributed by atoms with Crippen molar-refractivity contribution in [1.82, 2.24) is 20.0 Å². The van der Waals surface area contributed by atoms with Gasteiger partial charge >= 0.3 is 5.97 Å². The van der Waals surface area contributed by atoms with Crippen molar-refractivity contribution in [1.29, 1.82) is 0 Å². The molecule has 6 nitrogen and oxygen atoms in total. The van der Waals surface area contributed by atoms with E-state index in [9.17, 15) is 4.79 Å². The van der Waals surface area contributed by atoms with E-state index in [1.807, 2.05) is 24.3 Å². The number of methoxy groups -OCH3 is 1. The van der Waals surface area contributed by atoms with Crippen LogP contribution in [-0.4, -0.2) is 33.1 Å². The molecule has 96 valence electrons. The van der Waals surface area contributed by atoms with Crippen LogP contribution in [0.25, 0.3) is 16.2 Å². The molecule has 0 amide bonds. The maximum atomic E-state index is 11.5. The summed E-state index contributed by atoms with van der Waals surface area (Å²) in [5.41, 5.74) is 1.54. The second kappa shape index (κ2) is 4.60. The number of carbonyl (C=O) groups is 1. The first-order valence-electron chi connectivity index (χ1n) is 5.26. The van der Waals surface area contributed by atoms with Crippen molar-refractivity contribution in [2.45, 2.75) is 0 Å². The van der Waals surface area contributed by atoms with Crippen molar-refractivity contribution in [3.8, 4) is 5.13 Å². The molecule has 3 rings (SSSR count). The van der Waals surface area contributed by atoms with Crippen molar-refractivity contribution >= 4 is 39.9 Å². The molecule has 19 heavy (non-hydrogen) atoms. The quantitative estimate of drug-likeness (QED) is 0.678. The molecule has 0 aliphatic heterocycles. The number of carbonyl (C=O) groups excluding carboxylic acids is 1. The highest BCUT2D eigenvalue weighted by Crippen LogP contribution is 2.27. The molecule has 0 aliphatic rings. The van der Waals surface area contributed by atoms with Crippen LogP contribution in [0.1, 0.15) is 9.67 Å². The van der Waals surface area contributed by atoms with Crippen LogP contribution >= 0.6 is 22.9 Å². The molecule has 0 spiro atoms. The number of para-hydroxylation sites is 1. The number of benzene rings is 1. The summed E-state index contributed by atoms with van der Waals surface area (Å²) in [6, 6.07) is 7.45. The first-order chi connectivity index (χ1) is 9.20. The van der Waals surface area contributed by atoms with Gasteiger partial charge in [0.2, 0.25) is 5.13 Å². The van der Waals surface area contributed by atoms with Crippen molar-refractivity contribution in [2.24, 2.45) is 0 Å². The minimum atomic E-state index is -0.516. The summed E-state index contributed by atoms with van der Waals surface area (Å²) in [5, 5.41) is 8.60. The molecule has 2 aromatic heterocycles. The zero-order chi connectivity index (χ0) is 13.4. The van der Waals surface area contributed by atoms with Gasteiger partial charge in [-0.2, -0.15) is 4.68 Å². The monoisotopic (exact) mass is 294 g/mol. The zero-order valence-corrected chi connectivity index (χ0v) is 11.3. The van der Waals surface area contributed by atoms with E-state index in [4.69, 9.17) is 11.6 Å². The summed E-state index contributed by atoms with van der Waals surface area (Å²) < 4.78 is 6.18. The fourth-order valence-electron chi connectivity index (χ4n) is 1.61. The fraction of sp³-hybridized carbons (Fsp3) is 0.0909. The van der Waals surface area contributed by atoms with Gasteiger partial charge in [0.15, 0.2) is 10.0 Å². The van der Waals surface area contributed by atoms with Crippen molar-refractivity contribution < 1.29 is 9.53 Å². The van der Waals surface area contributed by atoms with E-state index in [0.29, 0.717) is 5.13 Å². The average Bonchev–Trinajstić information content (AvgIpc) is 3.01. The minimum absolute atomic E-state index is 0.103. The Morgan fingerprint density at radius 2 is 2.21 bits per heavy atom. The summed E-state index contributed by atoms with van der Waals surface area (Å²) >= 11 is 7.03. The summed E-state index contributed by atoms with van der Waals surface area (Å²) in [4.78, 5) is 15.9. The Bertz CT molecular complexity index is 767. The van der Waals surface area contributed by atoms with Gasteiger partial charge in [0.1, 0.15) is 5.52 Å². The number of halogens is 1. The molecule has 3 aromatic rings. The van der Waals surface area contributed by atoms with Gasteiger partial charge < -0.3 is 4.74 Å². The van der Waals surface area contributed by atoms with E-state index in [0.717, 1.165) is 22.4 Å². The summed E-state index contributed by atoms with van der Waals surface area (Å²) in [6.45, 7) is 0. The van der Waals surface area contributed by atoms with Gasteiger partial charge in [0.05, 0.1) is 12.6 Å². The molecule has 0 saturated carbocycles. The van der Waals surface area contributed by atoms with Gasteiger partial charge in [-0.25, -0.2) is 9.78 Å². The topological polar surface area (TPSA) is 69.9 Å². The highest BCUT2D eigenvalue weighted by Gasteiger charge is 2.19. The predicted octanol–water partition coefficient (Wildman–Crippen LogP) is 2.32. The smallest absolute Gasteiger partial charge is 0.351 e. The molecule has 1 aromatic carbocycles. The summed E-state index contributed by atoms with van der Waals surface area (Å²) in [7, 11) is 1.29. The van der Waals surface area contributed by atoms with E-state index < -0.39 is 5.97 Å². The van der Waals surface area contributed by atoms with Crippen LogP contribution in [0.2, 0.25) is 5.15 Å². The number of ether oxygens (including phenoxy) is 1. The number of hydrogen-bond acceptors (Lipinski definition) is 6. The van der Waals surface area contributed by atoms with Crippen LogP contribution in [0.3, 0.4) is 0 Å². The number of thiazole rings is 1. The van der Waals surface area contributed by atoms with Gasteiger partial charge in [0.25, 0.3) is 0 Å². The van der Waals surface area contributed by atoms with Crippen LogP contribution in [0.4, 0.5) is 0 Å². The number of nitrogens with zero attached hydrogens (tertiary/aromatic N) is 4. The second-order valence-corrected chi connectivity index (χ2v) is 4.93. The third-order valence-corrected chi connectivity index (χ3v) is 3.87. The normalized spacial score (nSPS) is 10.8. The molecular weight excluding hydrogens is 288 g/mol. The Balaban J connectivity index is 2.15. The lowest BCUT2D eigenvalue weighted by atomic mass is 10.3. The Labute approximate surface area is 116 Å². The zero-order valence-electron chi connectivity index (χ0n) is 9.70. The Hall–Kier alpha value is -1.99. The van der Waals surface area contributed by atoms with Crippen LogP contribution in [0, 0.1) is 0 Å². The van der Waals surface area contributed by atoms with Gasteiger partial charge in [-0.3, -0.25) is 0 Å². The molecule has 0 radical (unpaired) electrons. The molecule has 0 saturated heterocycles. The highest BCUT2D eigenvalue weighted by atomic mass is 35.5. The van der Waals surface area contributed by atoms with E-state index in [1.54, 1.807) is 4.68 Å². The molecule has 0 fully saturated rings. The first kappa shape index (κ1) is 12.1. The third kappa shape index (κ3) is 1.96. The average molecular weight is 295 g/mol. The van der Waals surface area contributed by atoms with E-state index in [-0.39, 0.29) is 10.0 Å². The second-order valence-electron chi connectivity index (χ2n) is 3.60. The van der Waals surface area contributed by atoms with E-state index >= 15 is 0 Å². The molecule has 0 atom stereocenters. The maximum Gasteiger partial charge on any atom is 0.351 e. The lowest BCUT2D eigenvalue weighted by Gasteiger charge is -1.94. The van der Waals surface area contributed by atoms with Crippen molar-refractivity contribution in [3.05, 3.63) is 34.3 Å². The molecule has 0 N–H and O–H groups in total. The number of rotatable bonds is 2. The van der Waals surface area contributed by atoms with Crippen LogP contribution < -0.4 is 0 Å². The van der Waals surface area contributed by atoms with Gasteiger partial charge in [-0.1, -0.05) is 40.3 Å². The van der Waals surface area contributed by atoms with Crippen molar-refractivity contribution in [2.75, 3.05) is 7.11 Å². The summed E-state index contributed by atoms with van der Waals surface area (Å²) in [5.74, 6) is -0.516. The Kier molecular flexibility index (Phi) is 2.92. The van der Waals surface area contributed by atoms with E-state index in [2.05, 4.69) is 20.0 Å². The van der Waals surface area contributed by atoms with Crippen molar-refractivity contribution in [3.63, 3.8) is 0 Å². The maximum absolute atomic E-state index is 11.5. The lowest BCUT2D eigenvalue weighted by Crippen LogP contribution is -1.98. The molecule has 0 aliphatic carbocycles. The molecule has 0 unspecified atom stereocenters. The Morgan fingerprint density at radius 1 is 1.42 bits per heavy atom. The largest absolute Gasteiger partial charge is 0.465 e. The first-order valence-corrected chi connectivity index (χ1v) is 6.45. The number of aromatic nitrogens is 4. The molecule has 0 bridgehead atoms. The molecule has 8 heteroatoms. The SMILES string of the molecule is COC(=O)c1sc(-n2nnc3ccccc32)nc1Cl. The highest BCUT2D eigenvalue weighted by molar-refractivity contribution is 7.16. The molecular formula is C11H7ClN4O2S.